The molecule has 1 aliphatic heterocycles. The minimum absolute atomic E-state index is 0.0306. The fourth-order valence-corrected chi connectivity index (χ4v) is 4.93. The number of benzene rings is 2. The second-order valence-corrected chi connectivity index (χ2v) is 10.3. The topological polar surface area (TPSA) is 47.4 Å². The van der Waals surface area contributed by atoms with E-state index in [0.717, 1.165) is 29.7 Å². The van der Waals surface area contributed by atoms with Crippen LogP contribution < -0.4 is 4.74 Å². The zero-order valence-corrected chi connectivity index (χ0v) is 21.5. The Hall–Kier alpha value is -2.44. The Kier molecular flexibility index (Phi) is 8.79. The van der Waals surface area contributed by atoms with Gasteiger partial charge >= 0.3 is 0 Å². The molecule has 1 saturated heterocycles. The number of likely N-dealkylation sites (tertiary alicyclic amines) is 1. The van der Waals surface area contributed by atoms with Crippen LogP contribution in [0.15, 0.2) is 36.4 Å². The van der Waals surface area contributed by atoms with E-state index in [1.54, 1.807) is 12.1 Å². The fourth-order valence-electron chi connectivity index (χ4n) is 4.75. The highest BCUT2D eigenvalue weighted by Crippen LogP contribution is 2.30. The van der Waals surface area contributed by atoms with Crippen LogP contribution in [0.2, 0.25) is 5.02 Å². The van der Waals surface area contributed by atoms with E-state index in [9.17, 15) is 9.18 Å². The number of nitrogens with zero attached hydrogens (tertiary/aromatic N) is 3. The molecular formula is C28H35ClFN3O2. The highest BCUT2D eigenvalue weighted by Gasteiger charge is 2.18. The largest absolute Gasteiger partial charge is 0.493 e. The van der Waals surface area contributed by atoms with E-state index in [2.05, 4.69) is 4.90 Å². The summed E-state index contributed by atoms with van der Waals surface area (Å²) in [7, 11) is 0. The van der Waals surface area contributed by atoms with Gasteiger partial charge in [0.05, 0.1) is 29.2 Å². The summed E-state index contributed by atoms with van der Waals surface area (Å²) < 4.78 is 21.7. The van der Waals surface area contributed by atoms with Gasteiger partial charge in [-0.2, -0.15) is 0 Å². The summed E-state index contributed by atoms with van der Waals surface area (Å²) in [6.07, 6.45) is 6.74. The SMILES string of the molecule is CC(C)CC(=O)Cn1c(-c2ccc(F)c(Cl)c2)nc2cc(OCCCN3CCCCCC3)ccc21. The second kappa shape index (κ2) is 12.0. The predicted molar refractivity (Wildman–Crippen MR) is 140 cm³/mol. The summed E-state index contributed by atoms with van der Waals surface area (Å²) in [6, 6.07) is 10.3. The number of carbonyl (C=O) groups excluding carboxylic acids is 1. The molecular weight excluding hydrogens is 465 g/mol. The summed E-state index contributed by atoms with van der Waals surface area (Å²) in [5, 5.41) is 0.0306. The number of Topliss-reactive ketones (excluding diaryl/α,β-unsaturated/α-hetero) is 1. The molecule has 0 aliphatic carbocycles. The third-order valence-electron chi connectivity index (χ3n) is 6.45. The van der Waals surface area contributed by atoms with Crippen molar-refractivity contribution in [1.29, 1.82) is 0 Å². The fraction of sp³-hybridized carbons (Fsp3) is 0.500. The molecule has 0 saturated carbocycles. The molecule has 0 unspecified atom stereocenters. The van der Waals surface area contributed by atoms with E-state index in [1.807, 2.05) is 36.6 Å². The molecule has 2 aromatic carbocycles. The van der Waals surface area contributed by atoms with Crippen LogP contribution in [-0.2, 0) is 11.3 Å². The van der Waals surface area contributed by atoms with Crippen LogP contribution in [0.25, 0.3) is 22.4 Å². The van der Waals surface area contributed by atoms with Gasteiger partial charge in [0.15, 0.2) is 5.78 Å². The standard InChI is InChI=1S/C28H35ClFN3O2/c1-20(2)16-22(34)19-33-27-11-9-23(35-15-7-14-32-12-5-3-4-6-13-32)18-26(27)31-28(33)21-8-10-25(30)24(29)17-21/h8-11,17-18,20H,3-7,12-16,19H2,1-2H3. The van der Waals surface area contributed by atoms with Crippen molar-refractivity contribution in [1.82, 2.24) is 14.5 Å². The maximum absolute atomic E-state index is 13.8. The normalized spacial score (nSPS) is 15.0. The summed E-state index contributed by atoms with van der Waals surface area (Å²) in [5.74, 6) is 1.27. The second-order valence-electron chi connectivity index (χ2n) is 9.90. The first-order valence-corrected chi connectivity index (χ1v) is 13.1. The Bertz CT molecular complexity index is 1150. The van der Waals surface area contributed by atoms with Crippen LogP contribution in [0.3, 0.4) is 0 Å². The van der Waals surface area contributed by atoms with Gasteiger partial charge in [0, 0.05) is 24.6 Å². The van der Waals surface area contributed by atoms with Crippen molar-refractivity contribution in [2.45, 2.75) is 58.9 Å². The van der Waals surface area contributed by atoms with Crippen molar-refractivity contribution in [2.75, 3.05) is 26.2 Å². The molecule has 1 aromatic heterocycles. The number of ether oxygens (including phenoxy) is 1. The molecule has 0 spiro atoms. The monoisotopic (exact) mass is 499 g/mol. The molecule has 7 heteroatoms. The van der Waals surface area contributed by atoms with Crippen LogP contribution in [0, 0.1) is 11.7 Å². The zero-order chi connectivity index (χ0) is 24.8. The van der Waals surface area contributed by atoms with E-state index in [0.29, 0.717) is 24.4 Å². The van der Waals surface area contributed by atoms with Gasteiger partial charge in [-0.15, -0.1) is 0 Å². The average molecular weight is 500 g/mol. The molecule has 0 N–H and O–H groups in total. The number of halogens is 2. The van der Waals surface area contributed by atoms with Crippen molar-refractivity contribution < 1.29 is 13.9 Å². The maximum Gasteiger partial charge on any atom is 0.152 e. The summed E-state index contributed by atoms with van der Waals surface area (Å²) in [6.45, 7) is 8.35. The van der Waals surface area contributed by atoms with E-state index >= 15 is 0 Å². The molecule has 3 aromatic rings. The molecule has 1 fully saturated rings. The Balaban J connectivity index is 1.52. The minimum Gasteiger partial charge on any atom is -0.493 e. The van der Waals surface area contributed by atoms with Crippen LogP contribution in [-0.4, -0.2) is 46.5 Å². The van der Waals surface area contributed by atoms with Crippen molar-refractivity contribution in [3.05, 3.63) is 47.2 Å². The molecule has 5 nitrogen and oxygen atoms in total. The Labute approximate surface area is 212 Å². The quantitative estimate of drug-likeness (QED) is 0.289. The van der Waals surface area contributed by atoms with Crippen molar-refractivity contribution >= 4 is 28.4 Å². The lowest BCUT2D eigenvalue weighted by Crippen LogP contribution is -2.26. The van der Waals surface area contributed by atoms with Crippen molar-refractivity contribution in [3.8, 4) is 17.1 Å². The van der Waals surface area contributed by atoms with E-state index in [-0.39, 0.29) is 23.3 Å². The van der Waals surface area contributed by atoms with E-state index < -0.39 is 5.82 Å². The van der Waals surface area contributed by atoms with Gasteiger partial charge in [0.2, 0.25) is 0 Å². The van der Waals surface area contributed by atoms with Gasteiger partial charge in [0.25, 0.3) is 0 Å². The number of imidazole rings is 1. The third kappa shape index (κ3) is 6.83. The van der Waals surface area contributed by atoms with Crippen molar-refractivity contribution in [2.24, 2.45) is 5.92 Å². The molecule has 0 radical (unpaired) electrons. The lowest BCUT2D eigenvalue weighted by molar-refractivity contribution is -0.120. The molecule has 1 aliphatic rings. The van der Waals surface area contributed by atoms with Crippen LogP contribution >= 0.6 is 11.6 Å². The Morgan fingerprint density at radius 1 is 1.11 bits per heavy atom. The number of aromatic nitrogens is 2. The smallest absolute Gasteiger partial charge is 0.152 e. The summed E-state index contributed by atoms with van der Waals surface area (Å²) in [5.41, 5.74) is 2.25. The molecule has 0 amide bonds. The van der Waals surface area contributed by atoms with Gasteiger partial charge in [-0.05, 0) is 68.6 Å². The Morgan fingerprint density at radius 2 is 1.89 bits per heavy atom. The zero-order valence-electron chi connectivity index (χ0n) is 20.7. The maximum atomic E-state index is 13.8. The molecule has 0 bridgehead atoms. The molecule has 35 heavy (non-hydrogen) atoms. The first kappa shape index (κ1) is 25.6. The lowest BCUT2D eigenvalue weighted by atomic mass is 10.1. The number of hydrogen-bond donors (Lipinski definition) is 0. The minimum atomic E-state index is -0.482. The number of fused-ring (bicyclic) bond motifs is 1. The number of hydrogen-bond acceptors (Lipinski definition) is 4. The third-order valence-corrected chi connectivity index (χ3v) is 6.74. The highest BCUT2D eigenvalue weighted by molar-refractivity contribution is 6.31. The number of carbonyl (C=O) groups is 1. The van der Waals surface area contributed by atoms with Gasteiger partial charge in [-0.1, -0.05) is 38.3 Å². The number of rotatable bonds is 10. The van der Waals surface area contributed by atoms with Crippen molar-refractivity contribution in [3.63, 3.8) is 0 Å². The lowest BCUT2D eigenvalue weighted by Gasteiger charge is -2.19. The Morgan fingerprint density at radius 3 is 2.60 bits per heavy atom. The molecule has 188 valence electrons. The highest BCUT2D eigenvalue weighted by atomic mass is 35.5. The van der Waals surface area contributed by atoms with Crippen LogP contribution in [0.1, 0.15) is 52.4 Å². The molecule has 0 atom stereocenters. The summed E-state index contributed by atoms with van der Waals surface area (Å²) >= 11 is 6.05. The van der Waals surface area contributed by atoms with Gasteiger partial charge < -0.3 is 14.2 Å². The average Bonchev–Trinajstić information content (AvgIpc) is 2.98. The van der Waals surface area contributed by atoms with E-state index in [1.165, 1.54) is 44.8 Å². The van der Waals surface area contributed by atoms with Gasteiger partial charge in [-0.3, -0.25) is 4.79 Å². The first-order valence-electron chi connectivity index (χ1n) is 12.7. The van der Waals surface area contributed by atoms with Gasteiger partial charge in [-0.25, -0.2) is 9.37 Å². The predicted octanol–water partition coefficient (Wildman–Crippen LogP) is 6.76. The van der Waals surface area contributed by atoms with E-state index in [4.69, 9.17) is 21.3 Å². The number of ketones is 1. The molecule has 2 heterocycles. The van der Waals surface area contributed by atoms with Crippen LogP contribution in [0.5, 0.6) is 5.75 Å². The van der Waals surface area contributed by atoms with Crippen LogP contribution in [0.4, 0.5) is 4.39 Å². The first-order chi connectivity index (χ1) is 16.9. The summed E-state index contributed by atoms with van der Waals surface area (Å²) in [4.78, 5) is 20.0. The van der Waals surface area contributed by atoms with Gasteiger partial charge in [0.1, 0.15) is 17.4 Å². The molecule has 4 rings (SSSR count).